The first-order chi connectivity index (χ1) is 13.2. The van der Waals surface area contributed by atoms with E-state index in [1.807, 2.05) is 35.2 Å². The van der Waals surface area contributed by atoms with Gasteiger partial charge in [-0.15, -0.1) is 0 Å². The van der Waals surface area contributed by atoms with Gasteiger partial charge in [-0.3, -0.25) is 9.69 Å². The van der Waals surface area contributed by atoms with E-state index in [9.17, 15) is 4.79 Å². The van der Waals surface area contributed by atoms with E-state index in [1.165, 1.54) is 16.8 Å². The third-order valence-corrected chi connectivity index (χ3v) is 5.10. The Kier molecular flexibility index (Phi) is 5.07. The first-order valence-electron chi connectivity index (χ1n) is 9.44. The van der Waals surface area contributed by atoms with Crippen molar-refractivity contribution in [3.05, 3.63) is 95.3 Å². The number of aromatic nitrogens is 1. The van der Waals surface area contributed by atoms with Crippen LogP contribution in [0.5, 0.6) is 0 Å². The first kappa shape index (κ1) is 17.6. The van der Waals surface area contributed by atoms with Crippen molar-refractivity contribution in [2.75, 3.05) is 13.6 Å². The highest BCUT2D eigenvalue weighted by molar-refractivity contribution is 5.94. The van der Waals surface area contributed by atoms with Crippen LogP contribution in [0, 0.1) is 0 Å². The van der Waals surface area contributed by atoms with Crippen molar-refractivity contribution >= 4 is 5.91 Å². The van der Waals surface area contributed by atoms with Gasteiger partial charge in [0.25, 0.3) is 5.91 Å². The van der Waals surface area contributed by atoms with Gasteiger partial charge in [-0.2, -0.15) is 0 Å². The number of carbonyl (C=O) groups excluding carboxylic acids is 1. The van der Waals surface area contributed by atoms with Gasteiger partial charge >= 0.3 is 0 Å². The van der Waals surface area contributed by atoms with Gasteiger partial charge in [-0.05, 0) is 42.4 Å². The van der Waals surface area contributed by atoms with Crippen molar-refractivity contribution in [1.82, 2.24) is 14.4 Å². The minimum atomic E-state index is 0.120. The molecule has 0 atom stereocenters. The maximum Gasteiger partial charge on any atom is 0.254 e. The molecule has 4 nitrogen and oxygen atoms in total. The highest BCUT2D eigenvalue weighted by Crippen LogP contribution is 2.17. The van der Waals surface area contributed by atoms with Gasteiger partial charge in [-0.1, -0.05) is 42.5 Å². The largest absolute Gasteiger partial charge is 0.348 e. The highest BCUT2D eigenvalue weighted by atomic mass is 16.2. The number of amides is 1. The van der Waals surface area contributed by atoms with Crippen LogP contribution >= 0.6 is 0 Å². The molecule has 0 fully saturated rings. The quantitative estimate of drug-likeness (QED) is 0.694. The molecular weight excluding hydrogens is 334 g/mol. The number of nitrogens with zero attached hydrogens (tertiary/aromatic N) is 3. The molecule has 3 aromatic rings. The van der Waals surface area contributed by atoms with Gasteiger partial charge in [0.15, 0.2) is 0 Å². The lowest BCUT2D eigenvalue weighted by atomic mass is 10.1. The van der Waals surface area contributed by atoms with Crippen molar-refractivity contribution in [2.24, 2.45) is 0 Å². The Labute approximate surface area is 160 Å². The molecular formula is C23H25N3O. The maximum absolute atomic E-state index is 13.0. The minimum absolute atomic E-state index is 0.120. The lowest BCUT2D eigenvalue weighted by Crippen LogP contribution is -2.37. The van der Waals surface area contributed by atoms with Gasteiger partial charge < -0.3 is 9.47 Å². The SMILES string of the molecule is CN(Cc1ccccc1)Cc1cccc(C(=O)N2CCn3cccc3C2)c1. The van der Waals surface area contributed by atoms with E-state index in [-0.39, 0.29) is 5.91 Å². The summed E-state index contributed by atoms with van der Waals surface area (Å²) in [5.41, 5.74) is 4.44. The van der Waals surface area contributed by atoms with Crippen LogP contribution in [0.3, 0.4) is 0 Å². The van der Waals surface area contributed by atoms with Crippen LogP contribution in [-0.2, 0) is 26.2 Å². The number of fused-ring (bicyclic) bond motifs is 1. The number of carbonyl (C=O) groups is 1. The fraction of sp³-hybridized carbons (Fsp3) is 0.261. The molecule has 2 heterocycles. The number of benzene rings is 2. The fourth-order valence-electron chi connectivity index (χ4n) is 3.74. The van der Waals surface area contributed by atoms with E-state index >= 15 is 0 Å². The number of hydrogen-bond donors (Lipinski definition) is 0. The van der Waals surface area contributed by atoms with E-state index in [0.29, 0.717) is 6.54 Å². The Hall–Kier alpha value is -2.85. The van der Waals surface area contributed by atoms with Gasteiger partial charge in [0.1, 0.15) is 0 Å². The summed E-state index contributed by atoms with van der Waals surface area (Å²) in [5.74, 6) is 0.120. The Morgan fingerprint density at radius 1 is 0.926 bits per heavy atom. The zero-order valence-electron chi connectivity index (χ0n) is 15.7. The van der Waals surface area contributed by atoms with Crippen LogP contribution in [-0.4, -0.2) is 33.9 Å². The third kappa shape index (κ3) is 4.12. The zero-order valence-corrected chi connectivity index (χ0v) is 15.7. The molecule has 4 heteroatoms. The van der Waals surface area contributed by atoms with E-state index in [2.05, 4.69) is 59.1 Å². The van der Waals surface area contributed by atoms with Gasteiger partial charge in [0.2, 0.25) is 0 Å². The summed E-state index contributed by atoms with van der Waals surface area (Å²) < 4.78 is 2.22. The van der Waals surface area contributed by atoms with Crippen LogP contribution in [0.15, 0.2) is 72.9 Å². The fourth-order valence-corrected chi connectivity index (χ4v) is 3.74. The van der Waals surface area contributed by atoms with E-state index < -0.39 is 0 Å². The molecule has 1 amide bonds. The highest BCUT2D eigenvalue weighted by Gasteiger charge is 2.21. The number of hydrogen-bond acceptors (Lipinski definition) is 2. The average Bonchev–Trinajstić information content (AvgIpc) is 3.16. The van der Waals surface area contributed by atoms with Gasteiger partial charge in [-0.25, -0.2) is 0 Å². The van der Waals surface area contributed by atoms with Crippen LogP contribution in [0.25, 0.3) is 0 Å². The molecule has 0 spiro atoms. The lowest BCUT2D eigenvalue weighted by Gasteiger charge is -2.29. The smallest absolute Gasteiger partial charge is 0.254 e. The van der Waals surface area contributed by atoms with Gasteiger partial charge in [0.05, 0.1) is 6.54 Å². The van der Waals surface area contributed by atoms with Crippen molar-refractivity contribution in [3.8, 4) is 0 Å². The molecule has 2 aromatic carbocycles. The van der Waals surface area contributed by atoms with Crippen LogP contribution in [0.4, 0.5) is 0 Å². The Bertz CT molecular complexity index is 916. The second-order valence-electron chi connectivity index (χ2n) is 7.28. The summed E-state index contributed by atoms with van der Waals surface area (Å²) in [6.45, 7) is 4.02. The van der Waals surface area contributed by atoms with Crippen LogP contribution in [0.1, 0.15) is 27.2 Å². The molecule has 0 saturated heterocycles. The Morgan fingerprint density at radius 3 is 2.56 bits per heavy atom. The van der Waals surface area contributed by atoms with E-state index in [0.717, 1.165) is 31.7 Å². The third-order valence-electron chi connectivity index (χ3n) is 5.10. The molecule has 4 rings (SSSR count). The topological polar surface area (TPSA) is 28.5 Å². The second-order valence-corrected chi connectivity index (χ2v) is 7.28. The van der Waals surface area contributed by atoms with Crippen LogP contribution in [0.2, 0.25) is 0 Å². The van der Waals surface area contributed by atoms with Crippen molar-refractivity contribution < 1.29 is 4.79 Å². The zero-order chi connectivity index (χ0) is 18.6. The van der Waals surface area contributed by atoms with E-state index in [4.69, 9.17) is 0 Å². The second kappa shape index (κ2) is 7.80. The minimum Gasteiger partial charge on any atom is -0.348 e. The summed E-state index contributed by atoms with van der Waals surface area (Å²) in [5, 5.41) is 0. The lowest BCUT2D eigenvalue weighted by molar-refractivity contribution is 0.0711. The summed E-state index contributed by atoms with van der Waals surface area (Å²) in [7, 11) is 2.11. The predicted molar refractivity (Wildman–Crippen MR) is 107 cm³/mol. The number of rotatable bonds is 5. The maximum atomic E-state index is 13.0. The molecule has 0 unspecified atom stereocenters. The normalized spacial score (nSPS) is 13.6. The molecule has 0 bridgehead atoms. The molecule has 1 aliphatic heterocycles. The standard InChI is InChI=1S/C23H25N3O/c1-24(16-19-7-3-2-4-8-19)17-20-9-5-10-21(15-20)23(27)26-14-13-25-12-6-11-22(25)18-26/h2-12,15H,13-14,16-18H2,1H3. The first-order valence-corrected chi connectivity index (χ1v) is 9.44. The summed E-state index contributed by atoms with van der Waals surface area (Å²) in [6.07, 6.45) is 2.08. The molecule has 0 N–H and O–H groups in total. The molecule has 0 aliphatic carbocycles. The average molecular weight is 359 g/mol. The van der Waals surface area contributed by atoms with Crippen molar-refractivity contribution in [2.45, 2.75) is 26.2 Å². The van der Waals surface area contributed by atoms with Crippen molar-refractivity contribution in [3.63, 3.8) is 0 Å². The van der Waals surface area contributed by atoms with Crippen molar-refractivity contribution in [1.29, 1.82) is 0 Å². The Balaban J connectivity index is 1.42. The summed E-state index contributed by atoms with van der Waals surface area (Å²) in [6, 6.07) is 22.6. The molecule has 1 aliphatic rings. The summed E-state index contributed by atoms with van der Waals surface area (Å²) >= 11 is 0. The predicted octanol–water partition coefficient (Wildman–Crippen LogP) is 3.78. The Morgan fingerprint density at radius 2 is 1.70 bits per heavy atom. The molecule has 1 aromatic heterocycles. The van der Waals surface area contributed by atoms with E-state index in [1.54, 1.807) is 0 Å². The van der Waals surface area contributed by atoms with Crippen LogP contribution < -0.4 is 0 Å². The van der Waals surface area contributed by atoms with Gasteiger partial charge in [0, 0.05) is 43.6 Å². The summed E-state index contributed by atoms with van der Waals surface area (Å²) in [4.78, 5) is 17.2. The molecule has 0 saturated carbocycles. The molecule has 138 valence electrons. The molecule has 0 radical (unpaired) electrons. The molecule has 27 heavy (non-hydrogen) atoms. The monoisotopic (exact) mass is 359 g/mol.